The number of aromatic nitrogens is 2. The lowest BCUT2D eigenvalue weighted by Gasteiger charge is -2.09. The topological polar surface area (TPSA) is 116 Å². The van der Waals surface area contributed by atoms with Crippen LogP contribution < -0.4 is 9.47 Å². The molecule has 0 spiro atoms. The Bertz CT molecular complexity index is 2000. The molecule has 0 amide bonds. The van der Waals surface area contributed by atoms with Crippen molar-refractivity contribution in [2.75, 3.05) is 53.9 Å². The van der Waals surface area contributed by atoms with Gasteiger partial charge in [0.25, 0.3) is 5.91 Å². The second-order valence-corrected chi connectivity index (χ2v) is 12.1. The standard InChI is InChI=1S/C38H41ClN2O9/c1-24-30(32-20-28(45-4)10-12-34(32)40(24)3)22-36(42)49-18-16-47-14-15-48-17-19-50-37(43)23-31-25(2)41(35-13-11-29(46-5)21-33(31)35)38(44)26-6-8-27(39)9-7-26/h6-13,20-21H,14-19,22-23H2,1-5H3. The van der Waals surface area contributed by atoms with E-state index in [1.54, 1.807) is 62.1 Å². The van der Waals surface area contributed by atoms with Gasteiger partial charge >= 0.3 is 11.9 Å². The van der Waals surface area contributed by atoms with Crippen molar-refractivity contribution in [2.45, 2.75) is 26.7 Å². The molecular weight excluding hydrogens is 664 g/mol. The van der Waals surface area contributed by atoms with Crippen LogP contribution in [-0.2, 0) is 48.4 Å². The van der Waals surface area contributed by atoms with Crippen molar-refractivity contribution in [2.24, 2.45) is 7.05 Å². The lowest BCUT2D eigenvalue weighted by atomic mass is 10.1. The maximum absolute atomic E-state index is 13.5. The van der Waals surface area contributed by atoms with Crippen LogP contribution in [0.15, 0.2) is 60.7 Å². The molecular formula is C38H41ClN2O9. The van der Waals surface area contributed by atoms with Crippen LogP contribution in [0.5, 0.6) is 11.5 Å². The average Bonchev–Trinajstić information content (AvgIpc) is 3.52. The zero-order chi connectivity index (χ0) is 35.8. The van der Waals surface area contributed by atoms with Crippen molar-refractivity contribution in [1.82, 2.24) is 9.13 Å². The van der Waals surface area contributed by atoms with Gasteiger partial charge in [0, 0.05) is 45.3 Å². The van der Waals surface area contributed by atoms with Crippen LogP contribution in [0.25, 0.3) is 21.8 Å². The number of methoxy groups -OCH3 is 2. The number of halogens is 1. The number of aryl methyl sites for hydroxylation is 1. The molecule has 0 aliphatic rings. The van der Waals surface area contributed by atoms with Crippen LogP contribution in [0.3, 0.4) is 0 Å². The highest BCUT2D eigenvalue weighted by Gasteiger charge is 2.23. The van der Waals surface area contributed by atoms with Gasteiger partial charge in [0.2, 0.25) is 0 Å². The molecule has 0 aliphatic heterocycles. The Hall–Kier alpha value is -4.84. The zero-order valence-electron chi connectivity index (χ0n) is 28.9. The Morgan fingerprint density at radius 3 is 1.66 bits per heavy atom. The molecule has 12 heteroatoms. The van der Waals surface area contributed by atoms with Crippen molar-refractivity contribution < 1.29 is 42.8 Å². The lowest BCUT2D eigenvalue weighted by Crippen LogP contribution is -2.17. The highest BCUT2D eigenvalue weighted by Crippen LogP contribution is 2.32. The molecule has 11 nitrogen and oxygen atoms in total. The van der Waals surface area contributed by atoms with Crippen molar-refractivity contribution in [3.63, 3.8) is 0 Å². The minimum Gasteiger partial charge on any atom is -0.497 e. The van der Waals surface area contributed by atoms with Gasteiger partial charge in [-0.1, -0.05) is 11.6 Å². The Morgan fingerprint density at radius 1 is 0.640 bits per heavy atom. The molecule has 0 atom stereocenters. The summed E-state index contributed by atoms with van der Waals surface area (Å²) in [5.41, 5.74) is 5.36. The summed E-state index contributed by atoms with van der Waals surface area (Å²) < 4.78 is 36.3. The third-order valence-electron chi connectivity index (χ3n) is 8.66. The largest absolute Gasteiger partial charge is 0.497 e. The van der Waals surface area contributed by atoms with E-state index < -0.39 is 5.97 Å². The molecule has 264 valence electrons. The van der Waals surface area contributed by atoms with Gasteiger partial charge in [-0.3, -0.25) is 19.0 Å². The van der Waals surface area contributed by atoms with Crippen molar-refractivity contribution in [1.29, 1.82) is 0 Å². The molecule has 0 saturated heterocycles. The molecule has 0 aliphatic carbocycles. The predicted molar refractivity (Wildman–Crippen MR) is 190 cm³/mol. The van der Waals surface area contributed by atoms with E-state index in [1.807, 2.05) is 42.8 Å². The quantitative estimate of drug-likeness (QED) is 0.0899. The SMILES string of the molecule is COc1ccc2c(c1)c(CC(=O)OCCOCCOCCOC(=O)Cc1c(C)n(C(=O)c3ccc(Cl)cc3)c3ccc(OC)cc13)c(C)n2C. The molecule has 0 unspecified atom stereocenters. The molecule has 3 aromatic carbocycles. The lowest BCUT2D eigenvalue weighted by molar-refractivity contribution is -0.146. The highest BCUT2D eigenvalue weighted by molar-refractivity contribution is 6.30. The van der Waals surface area contributed by atoms with E-state index in [1.165, 1.54) is 0 Å². The predicted octanol–water partition coefficient (Wildman–Crippen LogP) is 6.01. The van der Waals surface area contributed by atoms with Crippen LogP contribution in [-0.4, -0.2) is 80.8 Å². The summed E-state index contributed by atoms with van der Waals surface area (Å²) in [6.45, 7) is 4.93. The van der Waals surface area contributed by atoms with Crippen molar-refractivity contribution in [3.05, 3.63) is 93.8 Å². The van der Waals surface area contributed by atoms with Gasteiger partial charge in [-0.05, 0) is 85.6 Å². The fourth-order valence-corrected chi connectivity index (χ4v) is 6.04. The summed E-state index contributed by atoms with van der Waals surface area (Å²) in [5, 5.41) is 2.22. The number of carbonyl (C=O) groups is 3. The minimum absolute atomic E-state index is 0.0352. The van der Waals surface area contributed by atoms with Gasteiger partial charge in [-0.15, -0.1) is 0 Å². The van der Waals surface area contributed by atoms with Gasteiger partial charge in [-0.2, -0.15) is 0 Å². The molecule has 0 bridgehead atoms. The smallest absolute Gasteiger partial charge is 0.310 e. The number of hydrogen-bond acceptors (Lipinski definition) is 9. The minimum atomic E-state index is -0.451. The van der Waals surface area contributed by atoms with E-state index in [9.17, 15) is 14.4 Å². The summed E-state index contributed by atoms with van der Waals surface area (Å²) in [5.74, 6) is 0.313. The summed E-state index contributed by atoms with van der Waals surface area (Å²) in [4.78, 5) is 38.9. The molecule has 5 aromatic rings. The van der Waals surface area contributed by atoms with E-state index in [0.29, 0.717) is 33.1 Å². The van der Waals surface area contributed by atoms with Crippen LogP contribution in [0.2, 0.25) is 5.02 Å². The first-order valence-corrected chi connectivity index (χ1v) is 16.6. The van der Waals surface area contributed by atoms with Gasteiger partial charge in [0.1, 0.15) is 24.7 Å². The van der Waals surface area contributed by atoms with Crippen molar-refractivity contribution in [3.8, 4) is 11.5 Å². The Morgan fingerprint density at radius 2 is 1.12 bits per heavy atom. The maximum atomic E-state index is 13.5. The van der Waals surface area contributed by atoms with Gasteiger partial charge < -0.3 is 33.0 Å². The first-order chi connectivity index (χ1) is 24.1. The van der Waals surface area contributed by atoms with Crippen LogP contribution in [0.4, 0.5) is 0 Å². The first kappa shape index (κ1) is 36.4. The van der Waals surface area contributed by atoms with E-state index in [0.717, 1.165) is 33.3 Å². The van der Waals surface area contributed by atoms with E-state index in [4.69, 9.17) is 40.0 Å². The fraction of sp³-hybridized carbons (Fsp3) is 0.342. The summed E-state index contributed by atoms with van der Waals surface area (Å²) >= 11 is 6.02. The normalized spacial score (nSPS) is 11.2. The molecule has 0 saturated carbocycles. The number of benzene rings is 3. The monoisotopic (exact) mass is 704 g/mol. The third kappa shape index (κ3) is 8.30. The zero-order valence-corrected chi connectivity index (χ0v) is 29.6. The number of ether oxygens (including phenoxy) is 6. The summed E-state index contributed by atoms with van der Waals surface area (Å²) in [7, 11) is 5.14. The first-order valence-electron chi connectivity index (χ1n) is 16.2. The Balaban J connectivity index is 1.03. The molecule has 0 fully saturated rings. The fourth-order valence-electron chi connectivity index (χ4n) is 5.91. The second kappa shape index (κ2) is 16.7. The number of hydrogen-bond donors (Lipinski definition) is 0. The van der Waals surface area contributed by atoms with Crippen molar-refractivity contribution >= 4 is 51.3 Å². The van der Waals surface area contributed by atoms with E-state index >= 15 is 0 Å². The molecule has 0 radical (unpaired) electrons. The van der Waals surface area contributed by atoms with Gasteiger partial charge in [-0.25, -0.2) is 0 Å². The Kier molecular flexibility index (Phi) is 12.2. The average molecular weight is 705 g/mol. The van der Waals surface area contributed by atoms with E-state index in [-0.39, 0.29) is 64.4 Å². The molecule has 0 N–H and O–H groups in total. The maximum Gasteiger partial charge on any atom is 0.310 e. The second-order valence-electron chi connectivity index (χ2n) is 11.6. The molecule has 2 aromatic heterocycles. The Labute approximate surface area is 295 Å². The van der Waals surface area contributed by atoms with Crippen LogP contribution in [0.1, 0.15) is 32.9 Å². The molecule has 2 heterocycles. The van der Waals surface area contributed by atoms with Crippen LogP contribution in [0, 0.1) is 13.8 Å². The highest BCUT2D eigenvalue weighted by atomic mass is 35.5. The van der Waals surface area contributed by atoms with E-state index in [2.05, 4.69) is 0 Å². The number of carbonyl (C=O) groups excluding carboxylic acids is 3. The van der Waals surface area contributed by atoms with Crippen LogP contribution >= 0.6 is 11.6 Å². The van der Waals surface area contributed by atoms with Gasteiger partial charge in [0.15, 0.2) is 0 Å². The van der Waals surface area contributed by atoms with Gasteiger partial charge in [0.05, 0.1) is 59.0 Å². The summed E-state index contributed by atoms with van der Waals surface area (Å²) in [6, 6.07) is 17.8. The number of rotatable bonds is 16. The number of esters is 2. The molecule has 5 rings (SSSR count). The summed E-state index contributed by atoms with van der Waals surface area (Å²) in [6.07, 6.45) is 0.113. The number of nitrogens with zero attached hydrogens (tertiary/aromatic N) is 2. The number of fused-ring (bicyclic) bond motifs is 2. The third-order valence-corrected chi connectivity index (χ3v) is 8.91. The molecule has 50 heavy (non-hydrogen) atoms.